The van der Waals surface area contributed by atoms with Crippen molar-refractivity contribution in [1.82, 2.24) is 15.3 Å². The average molecular weight is 261 g/mol. The molecule has 2 rings (SSSR count). The van der Waals surface area contributed by atoms with Crippen LogP contribution in [0.15, 0.2) is 18.2 Å². The molecule has 18 heavy (non-hydrogen) atoms. The number of rotatable bonds is 2. The third-order valence-corrected chi connectivity index (χ3v) is 2.85. The van der Waals surface area contributed by atoms with Crippen LogP contribution in [0.2, 0.25) is 5.15 Å². The van der Waals surface area contributed by atoms with Crippen LogP contribution in [0.3, 0.4) is 0 Å². The summed E-state index contributed by atoms with van der Waals surface area (Å²) in [4.78, 5) is 8.30. The Balaban J connectivity index is 2.40. The van der Waals surface area contributed by atoms with E-state index >= 15 is 0 Å². The van der Waals surface area contributed by atoms with Gasteiger partial charge in [0.2, 0.25) is 0 Å². The summed E-state index contributed by atoms with van der Waals surface area (Å²) in [6.45, 7) is 7.98. The van der Waals surface area contributed by atoms with Crippen LogP contribution in [0.25, 0.3) is 0 Å². The fraction of sp³-hybridized carbons (Fsp3) is 0.286. The minimum atomic E-state index is 0.420. The normalized spacial score (nSPS) is 10.5. The molecule has 0 fully saturated rings. The van der Waals surface area contributed by atoms with Crippen LogP contribution in [-0.4, -0.2) is 9.97 Å². The lowest BCUT2D eigenvalue weighted by atomic mass is 10.1. The molecule has 1 radical (unpaired) electrons. The van der Waals surface area contributed by atoms with E-state index in [2.05, 4.69) is 48.2 Å². The first-order chi connectivity index (χ1) is 8.45. The molecule has 2 aromatic rings. The highest BCUT2D eigenvalue weighted by molar-refractivity contribution is 6.29. The number of aryl methyl sites for hydroxylation is 4. The quantitative estimate of drug-likeness (QED) is 0.768. The standard InChI is InChI=1S/C14H15ClN3/c1-8-5-9(2)14(10(3)6-8)18-13-7-12(15)16-11(4)17-13/h5-7H,1-4H3. The van der Waals surface area contributed by atoms with Crippen LogP contribution in [0.1, 0.15) is 22.5 Å². The molecule has 0 aliphatic heterocycles. The Bertz CT molecular complexity index is 550. The van der Waals surface area contributed by atoms with Crippen LogP contribution in [0.5, 0.6) is 0 Å². The van der Waals surface area contributed by atoms with Crippen molar-refractivity contribution in [2.75, 3.05) is 0 Å². The average Bonchev–Trinajstić information content (AvgIpc) is 2.22. The van der Waals surface area contributed by atoms with Crippen LogP contribution in [-0.2, 0) is 0 Å². The topological polar surface area (TPSA) is 39.9 Å². The first-order valence-electron chi connectivity index (χ1n) is 5.76. The SMILES string of the molecule is Cc1cc(C)c([N]c2cc(Cl)nc(C)n2)c(C)c1. The number of hydrogen-bond donors (Lipinski definition) is 0. The maximum Gasteiger partial charge on any atom is 0.157 e. The van der Waals surface area contributed by atoms with Crippen molar-refractivity contribution in [3.8, 4) is 0 Å². The molecule has 0 spiro atoms. The van der Waals surface area contributed by atoms with Gasteiger partial charge in [-0.2, -0.15) is 0 Å². The van der Waals surface area contributed by atoms with E-state index in [0.29, 0.717) is 16.8 Å². The maximum atomic E-state index is 5.91. The van der Waals surface area contributed by atoms with Crippen molar-refractivity contribution in [2.24, 2.45) is 0 Å². The van der Waals surface area contributed by atoms with Gasteiger partial charge >= 0.3 is 0 Å². The van der Waals surface area contributed by atoms with Crippen molar-refractivity contribution in [1.29, 1.82) is 0 Å². The van der Waals surface area contributed by atoms with Gasteiger partial charge in [-0.1, -0.05) is 29.3 Å². The van der Waals surface area contributed by atoms with Gasteiger partial charge in [-0.15, -0.1) is 0 Å². The molecule has 0 saturated carbocycles. The van der Waals surface area contributed by atoms with Gasteiger partial charge in [-0.3, -0.25) is 0 Å². The highest BCUT2D eigenvalue weighted by Gasteiger charge is 2.08. The second-order valence-corrected chi connectivity index (χ2v) is 4.84. The van der Waals surface area contributed by atoms with E-state index < -0.39 is 0 Å². The molecule has 1 aromatic heterocycles. The maximum absolute atomic E-state index is 5.91. The first kappa shape index (κ1) is 12.8. The van der Waals surface area contributed by atoms with Gasteiger partial charge < -0.3 is 0 Å². The Hall–Kier alpha value is -1.61. The predicted octanol–water partition coefficient (Wildman–Crippen LogP) is 3.93. The molecule has 0 aliphatic rings. The zero-order chi connectivity index (χ0) is 13.3. The number of nitrogens with zero attached hydrogens (tertiary/aromatic N) is 3. The molecular weight excluding hydrogens is 246 g/mol. The van der Waals surface area contributed by atoms with Gasteiger partial charge in [-0.25, -0.2) is 15.3 Å². The minimum Gasteiger partial charge on any atom is -0.229 e. The number of benzene rings is 1. The summed E-state index contributed by atoms with van der Waals surface area (Å²) < 4.78 is 0. The fourth-order valence-corrected chi connectivity index (χ4v) is 2.26. The van der Waals surface area contributed by atoms with Crippen molar-refractivity contribution < 1.29 is 0 Å². The van der Waals surface area contributed by atoms with E-state index in [1.54, 1.807) is 13.0 Å². The fourth-order valence-electron chi connectivity index (χ4n) is 2.04. The van der Waals surface area contributed by atoms with Crippen molar-refractivity contribution in [3.05, 3.63) is 45.9 Å². The summed E-state index contributed by atoms with van der Waals surface area (Å²) in [5, 5.41) is 4.99. The van der Waals surface area contributed by atoms with Crippen molar-refractivity contribution >= 4 is 23.1 Å². The van der Waals surface area contributed by atoms with E-state index in [1.807, 2.05) is 0 Å². The molecule has 0 aliphatic carbocycles. The van der Waals surface area contributed by atoms with Crippen LogP contribution in [0.4, 0.5) is 11.5 Å². The molecule has 4 heteroatoms. The number of aromatic nitrogens is 2. The predicted molar refractivity (Wildman–Crippen MR) is 73.9 cm³/mol. The van der Waals surface area contributed by atoms with E-state index in [9.17, 15) is 0 Å². The molecule has 0 N–H and O–H groups in total. The number of hydrogen-bond acceptors (Lipinski definition) is 2. The van der Waals surface area contributed by atoms with Crippen LogP contribution in [0, 0.1) is 27.7 Å². The molecule has 93 valence electrons. The van der Waals surface area contributed by atoms with Gasteiger partial charge in [0.1, 0.15) is 11.0 Å². The van der Waals surface area contributed by atoms with Gasteiger partial charge in [0, 0.05) is 6.07 Å². The first-order valence-corrected chi connectivity index (χ1v) is 6.14. The summed E-state index contributed by atoms with van der Waals surface area (Å²) in [6, 6.07) is 5.90. The van der Waals surface area contributed by atoms with Gasteiger partial charge in [0.15, 0.2) is 5.82 Å². The summed E-state index contributed by atoms with van der Waals surface area (Å²) in [5.74, 6) is 1.23. The lowest BCUT2D eigenvalue weighted by Crippen LogP contribution is -2.00. The van der Waals surface area contributed by atoms with Crippen LogP contribution < -0.4 is 5.32 Å². The smallest absolute Gasteiger partial charge is 0.157 e. The van der Waals surface area contributed by atoms with E-state index in [-0.39, 0.29) is 0 Å². The highest BCUT2D eigenvalue weighted by atomic mass is 35.5. The van der Waals surface area contributed by atoms with Crippen LogP contribution >= 0.6 is 11.6 Å². The summed E-state index contributed by atoms with van der Waals surface area (Å²) in [6.07, 6.45) is 0. The molecule has 0 amide bonds. The second-order valence-electron chi connectivity index (χ2n) is 4.46. The Morgan fingerprint density at radius 2 is 1.56 bits per heavy atom. The molecule has 1 heterocycles. The largest absolute Gasteiger partial charge is 0.229 e. The van der Waals surface area contributed by atoms with Gasteiger partial charge in [0.25, 0.3) is 0 Å². The van der Waals surface area contributed by atoms with E-state index in [1.165, 1.54) is 5.56 Å². The Morgan fingerprint density at radius 3 is 2.11 bits per heavy atom. The molecule has 3 nitrogen and oxygen atoms in total. The van der Waals surface area contributed by atoms with E-state index in [0.717, 1.165) is 16.8 Å². The Labute approximate surface area is 112 Å². The third kappa shape index (κ3) is 2.79. The Morgan fingerprint density at radius 1 is 0.944 bits per heavy atom. The minimum absolute atomic E-state index is 0.420. The molecule has 0 atom stereocenters. The molecule has 0 unspecified atom stereocenters. The highest BCUT2D eigenvalue weighted by Crippen LogP contribution is 2.26. The third-order valence-electron chi connectivity index (χ3n) is 2.65. The summed E-state index contributed by atoms with van der Waals surface area (Å²) in [5.41, 5.74) is 4.47. The molecule has 0 saturated heterocycles. The van der Waals surface area contributed by atoms with Crippen molar-refractivity contribution in [3.63, 3.8) is 0 Å². The Kier molecular flexibility index (Phi) is 3.53. The second kappa shape index (κ2) is 4.94. The molecular formula is C14H15ClN3. The van der Waals surface area contributed by atoms with E-state index in [4.69, 9.17) is 11.6 Å². The zero-order valence-corrected chi connectivity index (χ0v) is 11.7. The summed E-state index contributed by atoms with van der Waals surface area (Å²) in [7, 11) is 0. The van der Waals surface area contributed by atoms with Gasteiger partial charge in [0.05, 0.1) is 5.69 Å². The van der Waals surface area contributed by atoms with Crippen molar-refractivity contribution in [2.45, 2.75) is 27.7 Å². The summed E-state index contributed by atoms with van der Waals surface area (Å²) >= 11 is 5.91. The van der Waals surface area contributed by atoms with Gasteiger partial charge in [-0.05, 0) is 38.8 Å². The zero-order valence-electron chi connectivity index (χ0n) is 11.0. The lowest BCUT2D eigenvalue weighted by molar-refractivity contribution is 0.985. The number of halogens is 1. The lowest BCUT2D eigenvalue weighted by Gasteiger charge is -2.11. The molecule has 1 aromatic carbocycles. The molecule has 0 bridgehead atoms. The monoisotopic (exact) mass is 260 g/mol.